The maximum atomic E-state index is 13.5. The Bertz CT molecular complexity index is 1500. The van der Waals surface area contributed by atoms with Crippen molar-refractivity contribution in [1.29, 1.82) is 0 Å². The van der Waals surface area contributed by atoms with Crippen LogP contribution in [0.25, 0.3) is 22.4 Å². The van der Waals surface area contributed by atoms with Gasteiger partial charge in [-0.3, -0.25) is 9.20 Å². The van der Waals surface area contributed by atoms with E-state index in [-0.39, 0.29) is 5.56 Å². The quantitative estimate of drug-likeness (QED) is 0.319. The Hall–Kier alpha value is -2.97. The van der Waals surface area contributed by atoms with Gasteiger partial charge in [-0.2, -0.15) is 0 Å². The van der Waals surface area contributed by atoms with Crippen LogP contribution in [-0.2, 0) is 12.2 Å². The average molecular weight is 462 g/mol. The van der Waals surface area contributed by atoms with Crippen LogP contribution in [0.2, 0.25) is 0 Å². The number of benzene rings is 2. The van der Waals surface area contributed by atoms with Crippen LogP contribution in [0.4, 0.5) is 0 Å². The number of thioether (sulfide) groups is 1. The molecular formula is C24H23N5OS2. The van der Waals surface area contributed by atoms with Crippen LogP contribution >= 0.6 is 23.1 Å². The van der Waals surface area contributed by atoms with E-state index in [2.05, 4.69) is 22.5 Å². The van der Waals surface area contributed by atoms with E-state index in [1.165, 1.54) is 5.01 Å². The molecule has 6 nitrogen and oxygen atoms in total. The lowest BCUT2D eigenvalue weighted by molar-refractivity contribution is 0.900. The van der Waals surface area contributed by atoms with E-state index >= 15 is 0 Å². The summed E-state index contributed by atoms with van der Waals surface area (Å²) in [6, 6.07) is 13.6. The van der Waals surface area contributed by atoms with Crippen LogP contribution in [0.5, 0.6) is 0 Å². The highest BCUT2D eigenvalue weighted by molar-refractivity contribution is 7.98. The van der Waals surface area contributed by atoms with Gasteiger partial charge in [-0.05, 0) is 56.0 Å². The second kappa shape index (κ2) is 8.52. The lowest BCUT2D eigenvalue weighted by Crippen LogP contribution is -2.22. The zero-order valence-corrected chi connectivity index (χ0v) is 19.8. The number of nitrogens with zero attached hydrogens (tertiary/aromatic N) is 5. The minimum Gasteiger partial charge on any atom is -0.268 e. The van der Waals surface area contributed by atoms with Crippen molar-refractivity contribution in [3.63, 3.8) is 0 Å². The van der Waals surface area contributed by atoms with Crippen LogP contribution in [-0.4, -0.2) is 24.1 Å². The molecule has 0 amide bonds. The second-order valence-corrected chi connectivity index (χ2v) is 9.65. The van der Waals surface area contributed by atoms with Gasteiger partial charge < -0.3 is 0 Å². The highest BCUT2D eigenvalue weighted by Gasteiger charge is 2.19. The lowest BCUT2D eigenvalue weighted by atomic mass is 10.1. The number of rotatable bonds is 6. The van der Waals surface area contributed by atoms with Gasteiger partial charge in [0.15, 0.2) is 5.16 Å². The Balaban J connectivity index is 1.67. The normalized spacial score (nSPS) is 11.6. The van der Waals surface area contributed by atoms with Gasteiger partial charge >= 0.3 is 0 Å². The molecule has 32 heavy (non-hydrogen) atoms. The van der Waals surface area contributed by atoms with E-state index in [1.54, 1.807) is 27.7 Å². The van der Waals surface area contributed by atoms with E-state index in [0.29, 0.717) is 16.9 Å². The third-order valence-electron chi connectivity index (χ3n) is 5.62. The molecule has 0 fully saturated rings. The molecule has 162 valence electrons. The monoisotopic (exact) mass is 461 g/mol. The minimum atomic E-state index is -0.0885. The number of hydrogen-bond acceptors (Lipinski definition) is 6. The van der Waals surface area contributed by atoms with E-state index in [1.807, 2.05) is 60.7 Å². The summed E-state index contributed by atoms with van der Waals surface area (Å²) in [7, 11) is 0. The van der Waals surface area contributed by atoms with Crippen molar-refractivity contribution < 1.29 is 0 Å². The first-order valence-corrected chi connectivity index (χ1v) is 12.5. The summed E-state index contributed by atoms with van der Waals surface area (Å²) in [5, 5.41) is 13.6. The molecule has 5 rings (SSSR count). The lowest BCUT2D eigenvalue weighted by Gasteiger charge is -2.14. The molecule has 0 N–H and O–H groups in total. The van der Waals surface area contributed by atoms with Crippen molar-refractivity contribution >= 4 is 39.8 Å². The highest BCUT2D eigenvalue weighted by Crippen LogP contribution is 2.27. The summed E-state index contributed by atoms with van der Waals surface area (Å²) < 4.78 is 3.67. The molecule has 0 atom stereocenters. The van der Waals surface area contributed by atoms with Gasteiger partial charge in [0.25, 0.3) is 5.56 Å². The largest absolute Gasteiger partial charge is 0.268 e. The zero-order chi connectivity index (χ0) is 22.2. The minimum absolute atomic E-state index is 0.0885. The predicted octanol–water partition coefficient (Wildman–Crippen LogP) is 5.35. The van der Waals surface area contributed by atoms with Gasteiger partial charge in [0.2, 0.25) is 5.78 Å². The van der Waals surface area contributed by atoms with Crippen LogP contribution < -0.4 is 5.56 Å². The Morgan fingerprint density at radius 3 is 2.75 bits per heavy atom. The molecule has 0 spiro atoms. The molecule has 0 saturated carbocycles. The summed E-state index contributed by atoms with van der Waals surface area (Å²) in [5.74, 6) is 1.23. The van der Waals surface area contributed by atoms with E-state index in [0.717, 1.165) is 46.0 Å². The van der Waals surface area contributed by atoms with Crippen molar-refractivity contribution in [2.45, 2.75) is 44.5 Å². The SMILES string of the molecule is CCCc1nc(CSc2nnc3n(-c4cccc(C)c4C)c(=O)c4ccccc4n23)cs1. The van der Waals surface area contributed by atoms with Gasteiger partial charge in [0.05, 0.1) is 27.3 Å². The zero-order valence-electron chi connectivity index (χ0n) is 18.2. The van der Waals surface area contributed by atoms with Crippen molar-refractivity contribution in [3.05, 3.63) is 80.0 Å². The summed E-state index contributed by atoms with van der Waals surface area (Å²) >= 11 is 3.30. The number of fused-ring (bicyclic) bond motifs is 3. The average Bonchev–Trinajstić information content (AvgIpc) is 3.42. The molecule has 3 aromatic heterocycles. The van der Waals surface area contributed by atoms with Gasteiger partial charge in [-0.15, -0.1) is 21.5 Å². The molecule has 3 heterocycles. The number of thiazole rings is 1. The third-order valence-corrected chi connectivity index (χ3v) is 7.54. The van der Waals surface area contributed by atoms with Gasteiger partial charge in [0.1, 0.15) is 0 Å². The van der Waals surface area contributed by atoms with Crippen molar-refractivity contribution in [2.24, 2.45) is 0 Å². The van der Waals surface area contributed by atoms with Crippen molar-refractivity contribution in [1.82, 2.24) is 24.1 Å². The van der Waals surface area contributed by atoms with E-state index < -0.39 is 0 Å². The van der Waals surface area contributed by atoms with Gasteiger partial charge in [-0.25, -0.2) is 9.55 Å². The maximum absolute atomic E-state index is 13.5. The molecule has 2 aromatic carbocycles. The van der Waals surface area contributed by atoms with E-state index in [4.69, 9.17) is 4.98 Å². The standard InChI is InChI=1S/C24H23N5OS2/c1-4-8-21-25-17(13-31-21)14-32-24-27-26-23-28(19-12-7-9-15(2)16(19)3)22(30)18-10-5-6-11-20(18)29(23)24/h5-7,9-13H,4,8,14H2,1-3H3. The second-order valence-electron chi connectivity index (χ2n) is 7.77. The van der Waals surface area contributed by atoms with Crippen molar-refractivity contribution in [3.8, 4) is 5.69 Å². The summed E-state index contributed by atoms with van der Waals surface area (Å²) in [5.41, 5.74) is 4.78. The Labute approximate surface area is 194 Å². The number of aryl methyl sites for hydroxylation is 2. The third kappa shape index (κ3) is 3.53. The topological polar surface area (TPSA) is 65.1 Å². The van der Waals surface area contributed by atoms with Gasteiger partial charge in [-0.1, -0.05) is 43.0 Å². The molecule has 0 saturated heterocycles. The number of para-hydroxylation sites is 1. The number of hydrogen-bond donors (Lipinski definition) is 0. The Morgan fingerprint density at radius 2 is 1.91 bits per heavy atom. The first kappa shape index (κ1) is 20.9. The molecule has 0 aliphatic rings. The first-order valence-electron chi connectivity index (χ1n) is 10.6. The summed E-state index contributed by atoms with van der Waals surface area (Å²) in [4.78, 5) is 18.3. The summed E-state index contributed by atoms with van der Waals surface area (Å²) in [6.45, 7) is 6.25. The molecule has 0 unspecified atom stereocenters. The molecule has 0 bridgehead atoms. The molecule has 0 radical (unpaired) electrons. The number of aromatic nitrogens is 5. The van der Waals surface area contributed by atoms with Gasteiger partial charge in [0, 0.05) is 11.1 Å². The predicted molar refractivity (Wildman–Crippen MR) is 131 cm³/mol. The molecular weight excluding hydrogens is 438 g/mol. The fourth-order valence-electron chi connectivity index (χ4n) is 3.85. The Kier molecular flexibility index (Phi) is 5.57. The molecule has 0 aliphatic carbocycles. The fraction of sp³-hybridized carbons (Fsp3) is 0.250. The van der Waals surface area contributed by atoms with E-state index in [9.17, 15) is 4.79 Å². The molecule has 5 aromatic rings. The smallest absolute Gasteiger partial charge is 0.267 e. The van der Waals surface area contributed by atoms with Crippen molar-refractivity contribution in [2.75, 3.05) is 0 Å². The fourth-order valence-corrected chi connectivity index (χ4v) is 5.69. The Morgan fingerprint density at radius 1 is 1.06 bits per heavy atom. The maximum Gasteiger partial charge on any atom is 0.267 e. The van der Waals surface area contributed by atoms with Crippen LogP contribution in [0.3, 0.4) is 0 Å². The van der Waals surface area contributed by atoms with Crippen LogP contribution in [0.15, 0.2) is 57.8 Å². The molecule has 0 aliphatic heterocycles. The van der Waals surface area contributed by atoms with Crippen LogP contribution in [0, 0.1) is 13.8 Å². The summed E-state index contributed by atoms with van der Waals surface area (Å²) in [6.07, 6.45) is 2.10. The first-order chi connectivity index (χ1) is 15.6. The van der Waals surface area contributed by atoms with Crippen LogP contribution in [0.1, 0.15) is 35.2 Å². The highest BCUT2D eigenvalue weighted by atomic mass is 32.2. The molecule has 8 heteroatoms.